The summed E-state index contributed by atoms with van der Waals surface area (Å²) in [5.41, 5.74) is 0. The van der Waals surface area contributed by atoms with E-state index in [1.165, 1.54) is 96.3 Å². The highest BCUT2D eigenvalue weighted by atomic mass is 31.2. The number of carbonyl (C=O) groups is 1. The van der Waals surface area contributed by atoms with Crippen molar-refractivity contribution < 1.29 is 32.9 Å². The molecule has 8 nitrogen and oxygen atoms in total. The molecule has 0 aliphatic heterocycles. The summed E-state index contributed by atoms with van der Waals surface area (Å²) >= 11 is 0. The topological polar surface area (TPSA) is 105 Å². The van der Waals surface area contributed by atoms with Gasteiger partial charge in [-0.15, -0.1) is 0 Å². The molecule has 0 aromatic heterocycles. The monoisotopic (exact) mass is 662 g/mol. The first-order valence-electron chi connectivity index (χ1n) is 18.6. The summed E-state index contributed by atoms with van der Waals surface area (Å²) < 4.78 is 23.3. The van der Waals surface area contributed by atoms with Gasteiger partial charge in [-0.2, -0.15) is 0 Å². The summed E-state index contributed by atoms with van der Waals surface area (Å²) in [6.45, 7) is 4.70. The van der Waals surface area contributed by atoms with Crippen LogP contribution in [0, 0.1) is 0 Å². The zero-order valence-electron chi connectivity index (χ0n) is 30.1. The van der Waals surface area contributed by atoms with Crippen molar-refractivity contribution in [1.29, 1.82) is 0 Å². The maximum absolute atomic E-state index is 12.7. The van der Waals surface area contributed by atoms with Crippen molar-refractivity contribution in [3.8, 4) is 0 Å². The largest absolute Gasteiger partial charge is 0.472 e. The number of quaternary nitrogens is 1. The van der Waals surface area contributed by atoms with Crippen LogP contribution in [0.5, 0.6) is 0 Å². The molecule has 0 saturated carbocycles. The quantitative estimate of drug-likeness (QED) is 0.0280. The molecule has 0 saturated heterocycles. The number of amides is 1. The van der Waals surface area contributed by atoms with E-state index >= 15 is 0 Å². The number of allylic oxidation sites excluding steroid dienone is 1. The zero-order chi connectivity index (χ0) is 33.7. The molecule has 45 heavy (non-hydrogen) atoms. The normalized spacial score (nSPS) is 14.9. The average Bonchev–Trinajstić information content (AvgIpc) is 2.97. The van der Waals surface area contributed by atoms with Crippen molar-refractivity contribution >= 4 is 13.7 Å². The Hall–Kier alpha value is -0.760. The Morgan fingerprint density at radius 3 is 1.64 bits per heavy atom. The number of nitrogens with one attached hydrogen (secondary N) is 1. The molecular weight excluding hydrogens is 587 g/mol. The lowest BCUT2D eigenvalue weighted by Gasteiger charge is -2.25. The molecular formula is C36H74N2O6P+. The fourth-order valence-corrected chi connectivity index (χ4v) is 5.95. The van der Waals surface area contributed by atoms with Crippen LogP contribution in [0.3, 0.4) is 0 Å². The molecule has 0 aromatic carbocycles. The SMILES string of the molecule is CCCCC/C=C/C(O)C(COP(=O)(O)OCC[N+](C)(C)C)NC(=O)CCCCCCCCCCCCCCCCCCCC. The maximum atomic E-state index is 12.7. The number of aliphatic hydroxyl groups is 1. The summed E-state index contributed by atoms with van der Waals surface area (Å²) in [5.74, 6) is -0.183. The Kier molecular flexibility index (Phi) is 28.9. The van der Waals surface area contributed by atoms with E-state index in [1.54, 1.807) is 6.08 Å². The van der Waals surface area contributed by atoms with Crippen molar-refractivity contribution in [2.45, 2.75) is 174 Å². The van der Waals surface area contributed by atoms with E-state index in [1.807, 2.05) is 27.2 Å². The number of nitrogens with zero attached hydrogens (tertiary/aromatic N) is 1. The van der Waals surface area contributed by atoms with E-state index in [4.69, 9.17) is 9.05 Å². The molecule has 0 rings (SSSR count). The lowest BCUT2D eigenvalue weighted by molar-refractivity contribution is -0.870. The number of hydrogen-bond donors (Lipinski definition) is 3. The molecule has 0 bridgehead atoms. The highest BCUT2D eigenvalue weighted by Crippen LogP contribution is 2.43. The van der Waals surface area contributed by atoms with E-state index in [-0.39, 0.29) is 19.1 Å². The first-order chi connectivity index (χ1) is 21.5. The van der Waals surface area contributed by atoms with Gasteiger partial charge >= 0.3 is 7.82 Å². The fourth-order valence-electron chi connectivity index (χ4n) is 5.22. The molecule has 0 fully saturated rings. The van der Waals surface area contributed by atoms with E-state index in [0.717, 1.165) is 44.9 Å². The summed E-state index contributed by atoms with van der Waals surface area (Å²) in [6.07, 6.45) is 30.3. The molecule has 3 N–H and O–H groups in total. The van der Waals surface area contributed by atoms with Gasteiger partial charge in [0.1, 0.15) is 13.2 Å². The van der Waals surface area contributed by atoms with Crippen LogP contribution in [0.15, 0.2) is 12.2 Å². The molecule has 0 radical (unpaired) electrons. The molecule has 3 atom stereocenters. The van der Waals surface area contributed by atoms with Crippen LogP contribution in [0.1, 0.15) is 162 Å². The van der Waals surface area contributed by atoms with Crippen LogP contribution in [-0.2, 0) is 18.4 Å². The number of aliphatic hydroxyl groups excluding tert-OH is 1. The predicted molar refractivity (Wildman–Crippen MR) is 189 cm³/mol. The highest BCUT2D eigenvalue weighted by molar-refractivity contribution is 7.47. The van der Waals surface area contributed by atoms with Gasteiger partial charge in [-0.05, 0) is 19.3 Å². The van der Waals surface area contributed by atoms with E-state index in [9.17, 15) is 19.4 Å². The van der Waals surface area contributed by atoms with Gasteiger partial charge in [-0.1, -0.05) is 148 Å². The number of rotatable bonds is 33. The van der Waals surface area contributed by atoms with Crippen LogP contribution in [0.2, 0.25) is 0 Å². The smallest absolute Gasteiger partial charge is 0.387 e. The number of phosphoric ester groups is 1. The molecule has 0 spiro atoms. The molecule has 268 valence electrons. The van der Waals surface area contributed by atoms with Crippen molar-refractivity contribution in [1.82, 2.24) is 5.32 Å². The van der Waals surface area contributed by atoms with Crippen LogP contribution < -0.4 is 5.32 Å². The molecule has 3 unspecified atom stereocenters. The number of carbonyl (C=O) groups excluding carboxylic acids is 1. The number of likely N-dealkylation sites (N-methyl/N-ethyl adjacent to an activating group) is 1. The maximum Gasteiger partial charge on any atom is 0.472 e. The Morgan fingerprint density at radius 2 is 1.18 bits per heavy atom. The van der Waals surface area contributed by atoms with Gasteiger partial charge < -0.3 is 19.8 Å². The fraction of sp³-hybridized carbons (Fsp3) is 0.917. The van der Waals surface area contributed by atoms with Crippen LogP contribution in [0.4, 0.5) is 0 Å². The van der Waals surface area contributed by atoms with Gasteiger partial charge in [0.05, 0.1) is 39.9 Å². The van der Waals surface area contributed by atoms with Crippen LogP contribution in [0.25, 0.3) is 0 Å². The second-order valence-corrected chi connectivity index (χ2v) is 15.4. The van der Waals surface area contributed by atoms with Crippen LogP contribution >= 0.6 is 7.82 Å². The zero-order valence-corrected chi connectivity index (χ0v) is 31.0. The van der Waals surface area contributed by atoms with Gasteiger partial charge in [-0.3, -0.25) is 13.8 Å². The van der Waals surface area contributed by atoms with Crippen LogP contribution in [-0.4, -0.2) is 73.4 Å². The lowest BCUT2D eigenvalue weighted by Crippen LogP contribution is -2.45. The minimum atomic E-state index is -4.31. The third-order valence-electron chi connectivity index (χ3n) is 8.26. The predicted octanol–water partition coefficient (Wildman–Crippen LogP) is 9.24. The molecule has 9 heteroatoms. The second kappa shape index (κ2) is 29.4. The van der Waals surface area contributed by atoms with Crippen molar-refractivity contribution in [2.75, 3.05) is 40.9 Å². The van der Waals surface area contributed by atoms with Gasteiger partial charge in [0.25, 0.3) is 0 Å². The lowest BCUT2D eigenvalue weighted by atomic mass is 10.0. The van der Waals surface area contributed by atoms with Crippen molar-refractivity contribution in [3.05, 3.63) is 12.2 Å². The minimum Gasteiger partial charge on any atom is -0.387 e. The van der Waals surface area contributed by atoms with E-state index in [2.05, 4.69) is 19.2 Å². The minimum absolute atomic E-state index is 0.0630. The molecule has 0 heterocycles. The standard InChI is InChI=1S/C36H73N2O6P/c1-6-8-10-12-13-14-15-16-17-18-19-20-21-22-23-24-26-28-30-36(40)37-34(35(39)29-27-25-11-9-7-2)33-44-45(41,42)43-32-31-38(3,4)5/h27,29,34-35,39H,6-26,28,30-33H2,1-5H3,(H-,37,40,41,42)/p+1/b29-27+. The Morgan fingerprint density at radius 1 is 0.733 bits per heavy atom. The number of hydrogen-bond acceptors (Lipinski definition) is 5. The first kappa shape index (κ1) is 44.2. The van der Waals surface area contributed by atoms with E-state index in [0.29, 0.717) is 17.4 Å². The third kappa shape index (κ3) is 31.6. The molecule has 1 amide bonds. The van der Waals surface area contributed by atoms with E-state index < -0.39 is 20.0 Å². The summed E-state index contributed by atoms with van der Waals surface area (Å²) in [4.78, 5) is 22.8. The highest BCUT2D eigenvalue weighted by Gasteiger charge is 2.27. The van der Waals surface area contributed by atoms with Gasteiger partial charge in [0, 0.05) is 6.42 Å². The molecule has 0 aliphatic carbocycles. The number of unbranched alkanes of at least 4 members (excludes halogenated alkanes) is 20. The molecule has 0 aromatic rings. The van der Waals surface area contributed by atoms with Gasteiger partial charge in [0.15, 0.2) is 0 Å². The average molecular weight is 662 g/mol. The van der Waals surface area contributed by atoms with Gasteiger partial charge in [0.2, 0.25) is 5.91 Å². The van der Waals surface area contributed by atoms with Crippen molar-refractivity contribution in [2.24, 2.45) is 0 Å². The summed E-state index contributed by atoms with van der Waals surface area (Å²) in [5, 5.41) is 13.5. The third-order valence-corrected chi connectivity index (χ3v) is 9.24. The van der Waals surface area contributed by atoms with Gasteiger partial charge in [-0.25, -0.2) is 4.57 Å². The Labute approximate surface area is 278 Å². The molecule has 0 aliphatic rings. The Balaban J connectivity index is 4.20. The summed E-state index contributed by atoms with van der Waals surface area (Å²) in [6, 6.07) is -0.835. The van der Waals surface area contributed by atoms with Crippen molar-refractivity contribution in [3.63, 3.8) is 0 Å². The number of phosphoric acid groups is 1. The Bertz CT molecular complexity index is 758. The first-order valence-corrected chi connectivity index (χ1v) is 20.1. The second-order valence-electron chi connectivity index (χ2n) is 14.0. The summed E-state index contributed by atoms with van der Waals surface area (Å²) in [7, 11) is 1.57.